The van der Waals surface area contributed by atoms with E-state index in [0.717, 1.165) is 4.90 Å². The Morgan fingerprint density at radius 1 is 1.50 bits per heavy atom. The molecular formula is C11H13N3O4. The van der Waals surface area contributed by atoms with E-state index in [2.05, 4.69) is 4.98 Å². The predicted molar refractivity (Wildman–Crippen MR) is 61.7 cm³/mol. The summed E-state index contributed by atoms with van der Waals surface area (Å²) in [5.41, 5.74) is 5.83. The Bertz CT molecular complexity index is 491. The normalized spacial score (nSPS) is 23.1. The monoisotopic (exact) mass is 251 g/mol. The number of aromatic nitrogens is 1. The van der Waals surface area contributed by atoms with Gasteiger partial charge in [-0.1, -0.05) is 0 Å². The van der Waals surface area contributed by atoms with Gasteiger partial charge in [0.1, 0.15) is 6.04 Å². The number of likely N-dealkylation sites (tertiary alicyclic amines) is 1. The second-order valence-electron chi connectivity index (χ2n) is 4.14. The second kappa shape index (κ2) is 4.61. The molecular weight excluding hydrogens is 238 g/mol. The van der Waals surface area contributed by atoms with Gasteiger partial charge in [0.05, 0.1) is 11.8 Å². The maximum Gasteiger partial charge on any atom is 0.326 e. The van der Waals surface area contributed by atoms with Gasteiger partial charge in [0.25, 0.3) is 5.91 Å². The highest BCUT2D eigenvalue weighted by Crippen LogP contribution is 2.22. The molecule has 0 aliphatic carbocycles. The Morgan fingerprint density at radius 2 is 2.22 bits per heavy atom. The molecule has 1 amide bonds. The van der Waals surface area contributed by atoms with Crippen LogP contribution in [0.5, 0.6) is 0 Å². The van der Waals surface area contributed by atoms with Gasteiger partial charge in [0.2, 0.25) is 0 Å². The van der Waals surface area contributed by atoms with E-state index in [0.29, 0.717) is 0 Å². The topological polar surface area (TPSA) is 117 Å². The Labute approximate surface area is 103 Å². The maximum absolute atomic E-state index is 12.1. The van der Waals surface area contributed by atoms with Crippen molar-refractivity contribution in [1.82, 2.24) is 9.88 Å². The number of pyridine rings is 1. The first-order chi connectivity index (χ1) is 8.50. The summed E-state index contributed by atoms with van der Waals surface area (Å²) in [6.45, 7) is -0.0220. The lowest BCUT2D eigenvalue weighted by molar-refractivity contribution is -0.141. The molecule has 2 heterocycles. The van der Waals surface area contributed by atoms with Crippen LogP contribution in [0.2, 0.25) is 0 Å². The number of aliphatic hydroxyl groups is 1. The molecule has 18 heavy (non-hydrogen) atoms. The minimum absolute atomic E-state index is 0.0119. The highest BCUT2D eigenvalue weighted by Gasteiger charge is 2.40. The van der Waals surface area contributed by atoms with Crippen LogP contribution in [-0.2, 0) is 4.79 Å². The summed E-state index contributed by atoms with van der Waals surface area (Å²) in [6, 6.07) is 2.07. The van der Waals surface area contributed by atoms with Crippen molar-refractivity contribution in [3.8, 4) is 0 Å². The SMILES string of the molecule is Nc1cccnc1C(=O)N1CC(O)CC1C(=O)O. The van der Waals surface area contributed by atoms with Gasteiger partial charge in [-0.2, -0.15) is 0 Å². The van der Waals surface area contributed by atoms with Crippen LogP contribution in [0.1, 0.15) is 16.9 Å². The fraction of sp³-hybridized carbons (Fsp3) is 0.364. The van der Waals surface area contributed by atoms with E-state index in [1.807, 2.05) is 0 Å². The van der Waals surface area contributed by atoms with Gasteiger partial charge in [-0.3, -0.25) is 4.79 Å². The summed E-state index contributed by atoms with van der Waals surface area (Å²) in [7, 11) is 0. The molecule has 4 N–H and O–H groups in total. The molecule has 1 aliphatic rings. The van der Waals surface area contributed by atoms with Gasteiger partial charge in [0.15, 0.2) is 5.69 Å². The van der Waals surface area contributed by atoms with Crippen LogP contribution < -0.4 is 5.73 Å². The number of hydrogen-bond donors (Lipinski definition) is 3. The number of aliphatic carboxylic acids is 1. The number of carboxylic acids is 1. The molecule has 7 heteroatoms. The van der Waals surface area contributed by atoms with Crippen LogP contribution in [0.4, 0.5) is 5.69 Å². The molecule has 2 rings (SSSR count). The first-order valence-corrected chi connectivity index (χ1v) is 5.43. The van der Waals surface area contributed by atoms with Crippen molar-refractivity contribution in [1.29, 1.82) is 0 Å². The number of aliphatic hydroxyl groups excluding tert-OH is 1. The zero-order valence-corrected chi connectivity index (χ0v) is 9.48. The average Bonchev–Trinajstić information content (AvgIpc) is 2.71. The van der Waals surface area contributed by atoms with Crippen molar-refractivity contribution in [3.63, 3.8) is 0 Å². The van der Waals surface area contributed by atoms with Crippen LogP contribution in [0.3, 0.4) is 0 Å². The number of nitrogens with two attached hydrogens (primary N) is 1. The number of carbonyl (C=O) groups is 2. The summed E-state index contributed by atoms with van der Waals surface area (Å²) in [6.07, 6.45) is 0.597. The van der Waals surface area contributed by atoms with Crippen molar-refractivity contribution in [2.75, 3.05) is 12.3 Å². The van der Waals surface area contributed by atoms with E-state index in [1.165, 1.54) is 12.3 Å². The molecule has 7 nitrogen and oxygen atoms in total. The maximum atomic E-state index is 12.1. The van der Waals surface area contributed by atoms with E-state index in [-0.39, 0.29) is 24.3 Å². The van der Waals surface area contributed by atoms with Gasteiger partial charge in [-0.15, -0.1) is 0 Å². The van der Waals surface area contributed by atoms with E-state index in [4.69, 9.17) is 10.8 Å². The number of carbonyl (C=O) groups excluding carboxylic acids is 1. The smallest absolute Gasteiger partial charge is 0.326 e. The number of nitrogens with zero attached hydrogens (tertiary/aromatic N) is 2. The highest BCUT2D eigenvalue weighted by molar-refractivity contribution is 5.99. The van der Waals surface area contributed by atoms with Crippen LogP contribution in [-0.4, -0.2) is 50.7 Å². The summed E-state index contributed by atoms with van der Waals surface area (Å²) in [4.78, 5) is 28.1. The number of rotatable bonds is 2. The lowest BCUT2D eigenvalue weighted by Gasteiger charge is -2.21. The van der Waals surface area contributed by atoms with Gasteiger partial charge >= 0.3 is 5.97 Å². The number of nitrogen functional groups attached to an aromatic ring is 1. The summed E-state index contributed by atoms with van der Waals surface area (Å²) in [5, 5.41) is 18.5. The van der Waals surface area contributed by atoms with Gasteiger partial charge in [-0.25, -0.2) is 9.78 Å². The number of hydrogen-bond acceptors (Lipinski definition) is 5. The third-order valence-electron chi connectivity index (χ3n) is 2.87. The lowest BCUT2D eigenvalue weighted by atomic mass is 10.2. The molecule has 0 bridgehead atoms. The van der Waals surface area contributed by atoms with Crippen molar-refractivity contribution in [2.45, 2.75) is 18.6 Å². The summed E-state index contributed by atoms with van der Waals surface area (Å²) < 4.78 is 0. The van der Waals surface area contributed by atoms with Crippen LogP contribution in [0.25, 0.3) is 0 Å². The summed E-state index contributed by atoms with van der Waals surface area (Å²) in [5.74, 6) is -1.72. The van der Waals surface area contributed by atoms with Crippen molar-refractivity contribution >= 4 is 17.6 Å². The van der Waals surface area contributed by atoms with Crippen LogP contribution in [0.15, 0.2) is 18.3 Å². The zero-order chi connectivity index (χ0) is 13.3. The summed E-state index contributed by atoms with van der Waals surface area (Å²) >= 11 is 0. The Hall–Kier alpha value is -2.15. The van der Waals surface area contributed by atoms with Gasteiger partial charge in [-0.05, 0) is 12.1 Å². The molecule has 0 spiro atoms. The van der Waals surface area contributed by atoms with E-state index < -0.39 is 24.0 Å². The minimum Gasteiger partial charge on any atom is -0.480 e. The van der Waals surface area contributed by atoms with Crippen molar-refractivity contribution in [2.24, 2.45) is 0 Å². The molecule has 2 unspecified atom stereocenters. The van der Waals surface area contributed by atoms with Crippen molar-refractivity contribution < 1.29 is 19.8 Å². The molecule has 1 fully saturated rings. The third-order valence-corrected chi connectivity index (χ3v) is 2.87. The average molecular weight is 251 g/mol. The molecule has 96 valence electrons. The quantitative estimate of drug-likeness (QED) is 0.641. The lowest BCUT2D eigenvalue weighted by Crippen LogP contribution is -2.41. The fourth-order valence-corrected chi connectivity index (χ4v) is 2.00. The first-order valence-electron chi connectivity index (χ1n) is 5.43. The van der Waals surface area contributed by atoms with E-state index in [1.54, 1.807) is 6.07 Å². The molecule has 1 aromatic heterocycles. The third kappa shape index (κ3) is 2.12. The molecule has 2 atom stereocenters. The van der Waals surface area contributed by atoms with Crippen LogP contribution >= 0.6 is 0 Å². The second-order valence-corrected chi connectivity index (χ2v) is 4.14. The van der Waals surface area contributed by atoms with Crippen LogP contribution in [0, 0.1) is 0 Å². The number of β-amino-alcohol motifs (C(OH)–C–C–N with tert-alkyl or cyclic N) is 1. The highest BCUT2D eigenvalue weighted by atomic mass is 16.4. The number of anilines is 1. The Balaban J connectivity index is 2.28. The molecule has 1 aliphatic heterocycles. The molecule has 0 radical (unpaired) electrons. The molecule has 1 saturated heterocycles. The van der Waals surface area contributed by atoms with Gasteiger partial charge < -0.3 is 20.8 Å². The fourth-order valence-electron chi connectivity index (χ4n) is 2.00. The minimum atomic E-state index is -1.14. The number of carboxylic acid groups (broad SMARTS) is 1. The molecule has 0 aromatic carbocycles. The van der Waals surface area contributed by atoms with Crippen molar-refractivity contribution in [3.05, 3.63) is 24.0 Å². The largest absolute Gasteiger partial charge is 0.480 e. The first kappa shape index (κ1) is 12.3. The molecule has 1 aromatic rings. The Kier molecular flexibility index (Phi) is 3.15. The molecule has 0 saturated carbocycles. The zero-order valence-electron chi connectivity index (χ0n) is 9.48. The number of amides is 1. The standard InChI is InChI=1S/C11H13N3O4/c12-7-2-1-3-13-9(7)10(16)14-5-6(15)4-8(14)11(17)18/h1-3,6,8,15H,4-5,12H2,(H,17,18). The Morgan fingerprint density at radius 3 is 2.83 bits per heavy atom. The van der Waals surface area contributed by atoms with Gasteiger partial charge in [0, 0.05) is 19.2 Å². The predicted octanol–water partition coefficient (Wildman–Crippen LogP) is -0.676. The van der Waals surface area contributed by atoms with E-state index >= 15 is 0 Å². The van der Waals surface area contributed by atoms with E-state index in [9.17, 15) is 14.7 Å².